The number of thiazole rings is 1. The van der Waals surface area contributed by atoms with E-state index in [9.17, 15) is 5.11 Å². The third-order valence-electron chi connectivity index (χ3n) is 4.89. The van der Waals surface area contributed by atoms with Crippen molar-refractivity contribution in [1.29, 1.82) is 0 Å². The number of piperidine rings is 1. The van der Waals surface area contributed by atoms with Crippen LogP contribution in [0.5, 0.6) is 5.88 Å². The van der Waals surface area contributed by atoms with E-state index in [4.69, 9.17) is 0 Å². The van der Waals surface area contributed by atoms with E-state index in [0.717, 1.165) is 28.8 Å². The van der Waals surface area contributed by atoms with Gasteiger partial charge in [-0.15, -0.1) is 16.4 Å². The van der Waals surface area contributed by atoms with Gasteiger partial charge in [-0.05, 0) is 62.7 Å². The highest BCUT2D eigenvalue weighted by atomic mass is 32.1. The number of thiophene rings is 1. The second kappa shape index (κ2) is 6.13. The van der Waals surface area contributed by atoms with Gasteiger partial charge in [-0.2, -0.15) is 4.52 Å². The molecule has 1 saturated heterocycles. The molecule has 1 N–H and O–H groups in total. The van der Waals surface area contributed by atoms with Crippen LogP contribution in [-0.2, 0) is 0 Å². The molecule has 7 heteroatoms. The fraction of sp³-hybridized carbons (Fsp3) is 0.529. The van der Waals surface area contributed by atoms with Gasteiger partial charge in [0.25, 0.3) is 0 Å². The van der Waals surface area contributed by atoms with E-state index < -0.39 is 0 Å². The summed E-state index contributed by atoms with van der Waals surface area (Å²) in [6.45, 7) is 8.46. The van der Waals surface area contributed by atoms with Crippen molar-refractivity contribution in [1.82, 2.24) is 19.5 Å². The van der Waals surface area contributed by atoms with Crippen LogP contribution in [0.2, 0.25) is 0 Å². The van der Waals surface area contributed by atoms with Gasteiger partial charge in [0.15, 0.2) is 0 Å². The molecule has 0 aliphatic carbocycles. The van der Waals surface area contributed by atoms with Crippen molar-refractivity contribution in [2.45, 2.75) is 39.7 Å². The highest BCUT2D eigenvalue weighted by Gasteiger charge is 2.32. The first-order valence-electron chi connectivity index (χ1n) is 8.37. The molecule has 24 heavy (non-hydrogen) atoms. The van der Waals surface area contributed by atoms with Crippen molar-refractivity contribution in [2.75, 3.05) is 13.1 Å². The molecule has 4 rings (SSSR count). The number of rotatable bonds is 3. The molecule has 0 saturated carbocycles. The fourth-order valence-corrected chi connectivity index (χ4v) is 5.72. The van der Waals surface area contributed by atoms with Crippen LogP contribution < -0.4 is 0 Å². The summed E-state index contributed by atoms with van der Waals surface area (Å²) in [5, 5.41) is 17.3. The van der Waals surface area contributed by atoms with Crippen molar-refractivity contribution in [2.24, 2.45) is 5.92 Å². The van der Waals surface area contributed by atoms with Crippen molar-refractivity contribution in [3.05, 3.63) is 32.6 Å². The second-order valence-corrected chi connectivity index (χ2v) is 8.69. The molecule has 1 fully saturated rings. The summed E-state index contributed by atoms with van der Waals surface area (Å²) in [5.74, 6) is 1.72. The van der Waals surface area contributed by atoms with Crippen molar-refractivity contribution in [3.63, 3.8) is 0 Å². The number of likely N-dealkylation sites (tertiary alicyclic amines) is 1. The highest BCUT2D eigenvalue weighted by molar-refractivity contribution is 7.17. The number of hydrogen-bond acceptors (Lipinski definition) is 6. The van der Waals surface area contributed by atoms with E-state index in [0.29, 0.717) is 5.82 Å². The summed E-state index contributed by atoms with van der Waals surface area (Å²) < 4.78 is 1.58. The Morgan fingerprint density at radius 1 is 1.25 bits per heavy atom. The third kappa shape index (κ3) is 2.64. The number of aromatic nitrogens is 3. The quantitative estimate of drug-likeness (QED) is 0.765. The van der Waals surface area contributed by atoms with Crippen LogP contribution in [0, 0.1) is 19.8 Å². The maximum absolute atomic E-state index is 10.8. The monoisotopic (exact) mass is 362 g/mol. The Hall–Kier alpha value is -1.44. The van der Waals surface area contributed by atoms with E-state index in [-0.39, 0.29) is 11.9 Å². The van der Waals surface area contributed by atoms with Gasteiger partial charge in [0, 0.05) is 4.88 Å². The van der Waals surface area contributed by atoms with Crippen LogP contribution >= 0.6 is 22.7 Å². The zero-order valence-corrected chi connectivity index (χ0v) is 15.8. The molecule has 5 nitrogen and oxygen atoms in total. The van der Waals surface area contributed by atoms with Gasteiger partial charge in [0.05, 0.1) is 10.9 Å². The fourth-order valence-electron chi connectivity index (χ4n) is 3.43. The lowest BCUT2D eigenvalue weighted by Gasteiger charge is -2.36. The van der Waals surface area contributed by atoms with Crippen LogP contribution in [0.15, 0.2) is 11.4 Å². The Morgan fingerprint density at radius 3 is 2.62 bits per heavy atom. The predicted molar refractivity (Wildman–Crippen MR) is 98.1 cm³/mol. The van der Waals surface area contributed by atoms with Crippen LogP contribution in [0.4, 0.5) is 0 Å². The molecule has 0 radical (unpaired) electrons. The average Bonchev–Trinajstić information content (AvgIpc) is 3.20. The number of hydrogen-bond donors (Lipinski definition) is 1. The molecular formula is C17H22N4OS2. The minimum atomic E-state index is 0.103. The molecule has 1 aliphatic rings. The highest BCUT2D eigenvalue weighted by Crippen LogP contribution is 2.43. The Kier molecular flexibility index (Phi) is 4.10. The lowest BCUT2D eigenvalue weighted by molar-refractivity contribution is 0.159. The molecule has 128 valence electrons. The summed E-state index contributed by atoms with van der Waals surface area (Å²) in [6.07, 6.45) is 2.42. The molecule has 0 amide bonds. The van der Waals surface area contributed by atoms with Gasteiger partial charge < -0.3 is 5.11 Å². The molecule has 3 aromatic rings. The summed E-state index contributed by atoms with van der Waals surface area (Å²) in [6, 6.07) is 2.27. The third-order valence-corrected chi connectivity index (χ3v) is 7.03. The first kappa shape index (κ1) is 16.1. The zero-order chi connectivity index (χ0) is 16.8. The molecule has 0 spiro atoms. The average molecular weight is 363 g/mol. The lowest BCUT2D eigenvalue weighted by Crippen LogP contribution is -2.36. The van der Waals surface area contributed by atoms with E-state index in [1.54, 1.807) is 27.2 Å². The van der Waals surface area contributed by atoms with Gasteiger partial charge in [0.2, 0.25) is 10.8 Å². The number of aryl methyl sites for hydroxylation is 2. The van der Waals surface area contributed by atoms with Crippen LogP contribution in [0.25, 0.3) is 4.96 Å². The standard InChI is InChI=1S/C17H22N4OS2/c1-10-4-7-20(8-5-10)13(14-11(2)6-9-23-14)15-16(22)21-17(24-15)18-12(3)19-21/h6,9-10,13,22H,4-5,7-8H2,1-3H3/t13-/m1/s1. The van der Waals surface area contributed by atoms with Gasteiger partial charge in [-0.1, -0.05) is 18.3 Å². The number of nitrogens with zero attached hydrogens (tertiary/aromatic N) is 4. The molecule has 1 atom stereocenters. The molecular weight excluding hydrogens is 340 g/mol. The van der Waals surface area contributed by atoms with Crippen LogP contribution in [0.3, 0.4) is 0 Å². The lowest BCUT2D eigenvalue weighted by atomic mass is 9.96. The summed E-state index contributed by atoms with van der Waals surface area (Å²) >= 11 is 3.33. The Morgan fingerprint density at radius 2 is 2.00 bits per heavy atom. The molecule has 1 aliphatic heterocycles. The van der Waals surface area contributed by atoms with Crippen LogP contribution in [-0.4, -0.2) is 37.7 Å². The molecule has 0 aromatic carbocycles. The SMILES string of the molecule is Cc1nc2sc([C@@H](c3sccc3C)N3CCC(C)CC3)c(O)n2n1. The topological polar surface area (TPSA) is 53.7 Å². The van der Waals surface area contributed by atoms with E-state index >= 15 is 0 Å². The predicted octanol–water partition coefficient (Wildman–Crippen LogP) is 4.00. The van der Waals surface area contributed by atoms with E-state index in [1.807, 2.05) is 6.92 Å². The van der Waals surface area contributed by atoms with Crippen molar-refractivity contribution in [3.8, 4) is 5.88 Å². The molecule has 0 unspecified atom stereocenters. The Bertz CT molecular complexity index is 857. The molecule has 0 bridgehead atoms. The largest absolute Gasteiger partial charge is 0.492 e. The summed E-state index contributed by atoms with van der Waals surface area (Å²) in [7, 11) is 0. The minimum Gasteiger partial charge on any atom is -0.492 e. The second-order valence-electron chi connectivity index (χ2n) is 6.73. The normalized spacial score (nSPS) is 18.5. The Balaban J connectivity index is 1.80. The van der Waals surface area contributed by atoms with Gasteiger partial charge >= 0.3 is 0 Å². The van der Waals surface area contributed by atoms with E-state index in [2.05, 4.69) is 40.3 Å². The molecule has 4 heterocycles. The summed E-state index contributed by atoms with van der Waals surface area (Å²) in [4.78, 5) is 10.00. The first-order chi connectivity index (χ1) is 11.5. The number of aromatic hydroxyl groups is 1. The van der Waals surface area contributed by atoms with Gasteiger partial charge in [0.1, 0.15) is 5.82 Å². The van der Waals surface area contributed by atoms with Crippen LogP contribution in [0.1, 0.15) is 46.9 Å². The summed E-state index contributed by atoms with van der Waals surface area (Å²) in [5.41, 5.74) is 1.29. The number of fused-ring (bicyclic) bond motifs is 1. The van der Waals surface area contributed by atoms with Crippen molar-refractivity contribution >= 4 is 27.6 Å². The maximum Gasteiger partial charge on any atom is 0.230 e. The first-order valence-corrected chi connectivity index (χ1v) is 10.1. The maximum atomic E-state index is 10.8. The van der Waals surface area contributed by atoms with Crippen molar-refractivity contribution < 1.29 is 5.11 Å². The minimum absolute atomic E-state index is 0.103. The zero-order valence-electron chi connectivity index (χ0n) is 14.2. The van der Waals surface area contributed by atoms with Gasteiger partial charge in [-0.25, -0.2) is 4.98 Å². The molecule has 3 aromatic heterocycles. The Labute approximate surface area is 149 Å². The smallest absolute Gasteiger partial charge is 0.230 e. The van der Waals surface area contributed by atoms with E-state index in [1.165, 1.54) is 23.3 Å². The van der Waals surface area contributed by atoms with Gasteiger partial charge in [-0.3, -0.25) is 4.90 Å².